The zero-order valence-corrected chi connectivity index (χ0v) is 24.7. The molecule has 3 aromatic carbocycles. The molecule has 0 aliphatic carbocycles. The molecule has 0 aromatic heterocycles. The van der Waals surface area contributed by atoms with E-state index in [4.69, 9.17) is 30.5 Å². The fourth-order valence-corrected chi connectivity index (χ4v) is 5.62. The van der Waals surface area contributed by atoms with E-state index >= 15 is 0 Å². The second-order valence-corrected chi connectivity index (χ2v) is 11.1. The Morgan fingerprint density at radius 2 is 1.60 bits per heavy atom. The highest BCUT2D eigenvalue weighted by molar-refractivity contribution is 7.92. The third-order valence-electron chi connectivity index (χ3n) is 6.02. The van der Waals surface area contributed by atoms with E-state index in [1.165, 1.54) is 45.6 Å². The molecule has 0 atom stereocenters. The Bertz CT molecular complexity index is 1400. The first-order valence-electron chi connectivity index (χ1n) is 12.8. The van der Waals surface area contributed by atoms with Crippen molar-refractivity contribution in [2.45, 2.75) is 31.1 Å². The number of aryl methyl sites for hydroxylation is 1. The number of benzene rings is 3. The van der Waals surface area contributed by atoms with Crippen LogP contribution in [0.4, 0.5) is 5.69 Å². The van der Waals surface area contributed by atoms with E-state index in [2.05, 4.69) is 5.32 Å². The third kappa shape index (κ3) is 7.73. The van der Waals surface area contributed by atoms with Crippen molar-refractivity contribution in [1.29, 1.82) is 0 Å². The zero-order chi connectivity index (χ0) is 29.1. The number of carbonyl (C=O) groups excluding carboxylic acids is 1. The predicted octanol–water partition coefficient (Wildman–Crippen LogP) is 5.10. The van der Waals surface area contributed by atoms with E-state index in [1.807, 2.05) is 31.2 Å². The molecular formula is C29H35ClN2O7S. The molecule has 40 heavy (non-hydrogen) atoms. The number of para-hydroxylation sites is 1. The summed E-state index contributed by atoms with van der Waals surface area (Å²) in [6.07, 6.45) is 2.24. The van der Waals surface area contributed by atoms with E-state index in [-0.39, 0.29) is 27.1 Å². The molecule has 3 rings (SSSR count). The minimum absolute atomic E-state index is 0.0938. The molecule has 216 valence electrons. The molecule has 0 radical (unpaired) electrons. The van der Waals surface area contributed by atoms with Gasteiger partial charge in [0.15, 0.2) is 11.5 Å². The number of nitrogens with one attached hydrogen (secondary N) is 1. The standard InChI is InChI=1S/C29H35ClN2O7S/c1-5-17-39-25-11-7-6-9-21(25)10-8-16-31-29(33)20-32(24-18-22(30)12-14-26(24)36-2)40(34,35)23-13-15-27(37-3)28(19-23)38-4/h6-7,9,11-15,18-19H,5,8,10,16-17,20H2,1-4H3,(H,31,33). The van der Waals surface area contributed by atoms with Crippen LogP contribution in [0.25, 0.3) is 0 Å². The van der Waals surface area contributed by atoms with Crippen LogP contribution in [0.15, 0.2) is 65.6 Å². The largest absolute Gasteiger partial charge is 0.495 e. The average molecular weight is 591 g/mol. The Morgan fingerprint density at radius 3 is 2.30 bits per heavy atom. The van der Waals surface area contributed by atoms with Gasteiger partial charge in [0.1, 0.15) is 18.0 Å². The van der Waals surface area contributed by atoms with Crippen LogP contribution in [0.5, 0.6) is 23.0 Å². The van der Waals surface area contributed by atoms with Crippen molar-refractivity contribution in [3.63, 3.8) is 0 Å². The lowest BCUT2D eigenvalue weighted by molar-refractivity contribution is -0.119. The van der Waals surface area contributed by atoms with Crippen LogP contribution >= 0.6 is 11.6 Å². The SMILES string of the molecule is CCCOc1ccccc1CCCNC(=O)CN(c1cc(Cl)ccc1OC)S(=O)(=O)c1ccc(OC)c(OC)c1. The number of halogens is 1. The van der Waals surface area contributed by atoms with Crippen molar-refractivity contribution in [3.8, 4) is 23.0 Å². The second-order valence-electron chi connectivity index (χ2n) is 8.75. The highest BCUT2D eigenvalue weighted by atomic mass is 35.5. The zero-order valence-electron chi connectivity index (χ0n) is 23.1. The Hall–Kier alpha value is -3.63. The van der Waals surface area contributed by atoms with Gasteiger partial charge in [-0.3, -0.25) is 9.10 Å². The summed E-state index contributed by atoms with van der Waals surface area (Å²) in [6.45, 7) is 2.53. The lowest BCUT2D eigenvalue weighted by Crippen LogP contribution is -2.41. The molecule has 0 spiro atoms. The molecular weight excluding hydrogens is 556 g/mol. The van der Waals surface area contributed by atoms with Crippen molar-refractivity contribution in [3.05, 3.63) is 71.2 Å². The highest BCUT2D eigenvalue weighted by Crippen LogP contribution is 2.37. The van der Waals surface area contributed by atoms with Crippen LogP contribution < -0.4 is 28.6 Å². The van der Waals surface area contributed by atoms with E-state index in [0.717, 1.165) is 22.0 Å². The summed E-state index contributed by atoms with van der Waals surface area (Å²) in [5.74, 6) is 1.18. The number of methoxy groups -OCH3 is 3. The van der Waals surface area contributed by atoms with Crippen LogP contribution in [0.2, 0.25) is 5.02 Å². The number of anilines is 1. The van der Waals surface area contributed by atoms with Gasteiger partial charge in [0, 0.05) is 17.6 Å². The number of rotatable bonds is 15. The number of amides is 1. The Labute approximate surface area is 241 Å². The topological polar surface area (TPSA) is 103 Å². The number of ether oxygens (including phenoxy) is 4. The van der Waals surface area contributed by atoms with Crippen LogP contribution in [-0.4, -0.2) is 55.4 Å². The van der Waals surface area contributed by atoms with Crippen molar-refractivity contribution >= 4 is 33.2 Å². The lowest BCUT2D eigenvalue weighted by Gasteiger charge is -2.26. The Morgan fingerprint density at radius 1 is 0.900 bits per heavy atom. The molecule has 0 bridgehead atoms. The van der Waals surface area contributed by atoms with E-state index < -0.39 is 22.5 Å². The lowest BCUT2D eigenvalue weighted by atomic mass is 10.1. The first kappa shape index (κ1) is 30.9. The summed E-state index contributed by atoms with van der Waals surface area (Å²) in [5.41, 5.74) is 1.17. The normalized spacial score (nSPS) is 11.0. The van der Waals surface area contributed by atoms with Gasteiger partial charge in [-0.25, -0.2) is 8.42 Å². The summed E-state index contributed by atoms with van der Waals surface area (Å²) in [4.78, 5) is 13.0. The van der Waals surface area contributed by atoms with E-state index in [0.29, 0.717) is 31.7 Å². The quantitative estimate of drug-likeness (QED) is 0.246. The van der Waals surface area contributed by atoms with E-state index in [1.54, 1.807) is 12.1 Å². The third-order valence-corrected chi connectivity index (χ3v) is 8.01. The average Bonchev–Trinajstić information content (AvgIpc) is 2.96. The number of sulfonamides is 1. The van der Waals surface area contributed by atoms with Crippen LogP contribution in [0.3, 0.4) is 0 Å². The monoisotopic (exact) mass is 590 g/mol. The van der Waals surface area contributed by atoms with Gasteiger partial charge in [-0.2, -0.15) is 0 Å². The smallest absolute Gasteiger partial charge is 0.265 e. The highest BCUT2D eigenvalue weighted by Gasteiger charge is 2.30. The van der Waals surface area contributed by atoms with Crippen LogP contribution in [0.1, 0.15) is 25.3 Å². The summed E-state index contributed by atoms with van der Waals surface area (Å²) < 4.78 is 50.5. The molecule has 1 N–H and O–H groups in total. The fourth-order valence-electron chi connectivity index (χ4n) is 4.02. The number of hydrogen-bond donors (Lipinski definition) is 1. The maximum absolute atomic E-state index is 13.9. The molecule has 0 saturated heterocycles. The number of hydrogen-bond acceptors (Lipinski definition) is 7. The van der Waals surface area contributed by atoms with Gasteiger partial charge in [-0.1, -0.05) is 36.7 Å². The van der Waals surface area contributed by atoms with Crippen molar-refractivity contribution < 1.29 is 32.2 Å². The second kappa shape index (κ2) is 14.7. The molecule has 9 nitrogen and oxygen atoms in total. The molecule has 1 amide bonds. The predicted molar refractivity (Wildman–Crippen MR) is 156 cm³/mol. The Kier molecular flexibility index (Phi) is 11.3. The summed E-state index contributed by atoms with van der Waals surface area (Å²) in [6, 6.07) is 16.6. The molecule has 11 heteroatoms. The van der Waals surface area contributed by atoms with Gasteiger partial charge in [0.25, 0.3) is 10.0 Å². The van der Waals surface area contributed by atoms with Gasteiger partial charge in [0.05, 0.1) is 38.5 Å². The van der Waals surface area contributed by atoms with Crippen LogP contribution in [-0.2, 0) is 21.2 Å². The summed E-state index contributed by atoms with van der Waals surface area (Å²) in [5, 5.41) is 3.11. The van der Waals surface area contributed by atoms with Crippen LogP contribution in [0, 0.1) is 0 Å². The van der Waals surface area contributed by atoms with Gasteiger partial charge < -0.3 is 24.3 Å². The molecule has 3 aromatic rings. The van der Waals surface area contributed by atoms with Crippen molar-refractivity contribution in [2.24, 2.45) is 0 Å². The van der Waals surface area contributed by atoms with Gasteiger partial charge >= 0.3 is 0 Å². The first-order valence-corrected chi connectivity index (χ1v) is 14.6. The Balaban J connectivity index is 1.81. The number of nitrogens with zero attached hydrogens (tertiary/aromatic N) is 1. The molecule has 0 fully saturated rings. The summed E-state index contributed by atoms with van der Waals surface area (Å²) in [7, 11) is 0.0155. The minimum Gasteiger partial charge on any atom is -0.495 e. The van der Waals surface area contributed by atoms with Gasteiger partial charge in [-0.05, 0) is 61.2 Å². The minimum atomic E-state index is -4.26. The van der Waals surface area contributed by atoms with E-state index in [9.17, 15) is 13.2 Å². The molecule has 0 saturated carbocycles. The van der Waals surface area contributed by atoms with Gasteiger partial charge in [0.2, 0.25) is 5.91 Å². The maximum Gasteiger partial charge on any atom is 0.265 e. The fraction of sp³-hybridized carbons (Fsp3) is 0.345. The number of carbonyl (C=O) groups is 1. The van der Waals surface area contributed by atoms with Crippen molar-refractivity contribution in [2.75, 3.05) is 45.3 Å². The van der Waals surface area contributed by atoms with Gasteiger partial charge in [-0.15, -0.1) is 0 Å². The van der Waals surface area contributed by atoms with Crippen molar-refractivity contribution in [1.82, 2.24) is 5.32 Å². The molecule has 0 aliphatic rings. The molecule has 0 unspecified atom stereocenters. The first-order chi connectivity index (χ1) is 19.2. The summed E-state index contributed by atoms with van der Waals surface area (Å²) >= 11 is 6.22. The maximum atomic E-state index is 13.9. The molecule has 0 aliphatic heterocycles. The molecule has 0 heterocycles.